The molecule has 0 aliphatic carbocycles. The van der Waals surface area contributed by atoms with Gasteiger partial charge in [0, 0.05) is 12.1 Å². The highest BCUT2D eigenvalue weighted by atomic mass is 32.2. The van der Waals surface area contributed by atoms with E-state index in [2.05, 4.69) is 24.1 Å². The van der Waals surface area contributed by atoms with Gasteiger partial charge >= 0.3 is 0 Å². The normalized spacial score (nSPS) is 14.1. The molecule has 0 radical (unpaired) electrons. The Kier molecular flexibility index (Phi) is 18.5. The molecule has 0 saturated carbocycles. The number of hydrogen-bond acceptors (Lipinski definition) is 11. The van der Waals surface area contributed by atoms with E-state index in [4.69, 9.17) is 8.37 Å². The zero-order chi connectivity index (χ0) is 38.2. The third kappa shape index (κ3) is 12.5. The fraction of sp³-hybridized carbons (Fsp3) is 0.676. The molecule has 0 bridgehead atoms. The number of azo groups is 1. The summed E-state index contributed by atoms with van der Waals surface area (Å²) in [5.74, 6) is -0.422. The minimum absolute atomic E-state index is 0.0103. The summed E-state index contributed by atoms with van der Waals surface area (Å²) in [6.45, 7) is 13.5. The van der Waals surface area contributed by atoms with Crippen LogP contribution in [0.3, 0.4) is 0 Å². The Bertz CT molecular complexity index is 1770. The van der Waals surface area contributed by atoms with Crippen LogP contribution in [0.2, 0.25) is 0 Å². The first-order chi connectivity index (χ1) is 24.2. The second kappa shape index (κ2) is 21.4. The van der Waals surface area contributed by atoms with E-state index >= 15 is 0 Å². The van der Waals surface area contributed by atoms with E-state index in [1.54, 1.807) is 0 Å². The van der Waals surface area contributed by atoms with Crippen molar-refractivity contribution in [3.63, 3.8) is 0 Å². The molecule has 14 heteroatoms. The van der Waals surface area contributed by atoms with Crippen molar-refractivity contribution < 1.29 is 30.3 Å². The molecule has 51 heavy (non-hydrogen) atoms. The van der Waals surface area contributed by atoms with Gasteiger partial charge in [-0.05, 0) is 62.1 Å². The van der Waals surface area contributed by atoms with Gasteiger partial charge in [-0.3, -0.25) is 17.7 Å². The topological polar surface area (TPSA) is 177 Å². The van der Waals surface area contributed by atoms with E-state index in [1.165, 1.54) is 6.92 Å². The molecule has 3 atom stereocenters. The molecule has 12 nitrogen and oxygen atoms in total. The first-order valence-corrected chi connectivity index (χ1v) is 21.3. The second-order valence-corrected chi connectivity index (χ2v) is 16.5. The number of aromatic nitrogens is 1. The molecule has 0 amide bonds. The van der Waals surface area contributed by atoms with E-state index in [0.717, 1.165) is 93.4 Å². The predicted molar refractivity (Wildman–Crippen MR) is 199 cm³/mol. The maximum Gasteiger partial charge on any atom is 0.299 e. The molecule has 0 aliphatic rings. The number of pyridine rings is 1. The van der Waals surface area contributed by atoms with E-state index in [-0.39, 0.29) is 64.9 Å². The van der Waals surface area contributed by atoms with Crippen LogP contribution < -0.4 is 5.56 Å². The first kappa shape index (κ1) is 44.0. The Balaban J connectivity index is 2.72. The van der Waals surface area contributed by atoms with E-state index < -0.39 is 36.6 Å². The van der Waals surface area contributed by atoms with Crippen molar-refractivity contribution in [3.8, 4) is 11.9 Å². The lowest BCUT2D eigenvalue weighted by Gasteiger charge is -2.19. The molecular formula is C37H58N4O8S2. The van der Waals surface area contributed by atoms with E-state index in [9.17, 15) is 32.0 Å². The van der Waals surface area contributed by atoms with Gasteiger partial charge in [-0.15, -0.1) is 10.2 Å². The monoisotopic (exact) mass is 750 g/mol. The molecule has 0 fully saturated rings. The summed E-state index contributed by atoms with van der Waals surface area (Å²) in [6, 6.07) is 5.18. The standard InChI is InChI=1S/C37H58N4O8S2/c1-8-14-17-28(11-4)24-41-36(42)32(23-38)27(7)35(37(41)43)40-39-33-22-31(50(44,45)48-25-29(12-5)18-15-9-2)20-21-34(33)51(46,47)49-26-30(13-6)19-16-10-3/h20-22,28-30,42H,8-19,24-26H2,1-7H3. The van der Waals surface area contributed by atoms with Crippen LogP contribution in [0.25, 0.3) is 0 Å². The second-order valence-electron chi connectivity index (χ2n) is 13.3. The van der Waals surface area contributed by atoms with Gasteiger partial charge < -0.3 is 5.11 Å². The molecule has 1 N–H and O–H groups in total. The quantitative estimate of drug-likeness (QED) is 0.0809. The lowest BCUT2D eigenvalue weighted by Crippen LogP contribution is -2.25. The number of unbranched alkanes of at least 4 members (excludes halogenated alkanes) is 3. The van der Waals surface area contributed by atoms with Crippen LogP contribution in [0.5, 0.6) is 5.88 Å². The van der Waals surface area contributed by atoms with Crippen LogP contribution in [0.15, 0.2) is 43.0 Å². The van der Waals surface area contributed by atoms with Gasteiger partial charge in [-0.2, -0.15) is 22.1 Å². The average Bonchev–Trinajstić information content (AvgIpc) is 3.11. The van der Waals surface area contributed by atoms with E-state index in [0.29, 0.717) is 6.42 Å². The maximum absolute atomic E-state index is 13.8. The number of nitrogens with zero attached hydrogens (tertiary/aromatic N) is 4. The number of nitriles is 1. The van der Waals surface area contributed by atoms with Crippen molar-refractivity contribution in [2.24, 2.45) is 28.0 Å². The van der Waals surface area contributed by atoms with Gasteiger partial charge in [0.2, 0.25) is 5.88 Å². The van der Waals surface area contributed by atoms with Crippen molar-refractivity contribution in [2.75, 3.05) is 13.2 Å². The molecule has 1 aromatic carbocycles. The number of hydrogen-bond donors (Lipinski definition) is 1. The van der Waals surface area contributed by atoms with E-state index in [1.807, 2.05) is 33.8 Å². The Morgan fingerprint density at radius 2 is 1.31 bits per heavy atom. The minimum Gasteiger partial charge on any atom is -0.493 e. The fourth-order valence-electron chi connectivity index (χ4n) is 5.75. The van der Waals surface area contributed by atoms with Gasteiger partial charge in [0.1, 0.15) is 22.2 Å². The molecule has 1 heterocycles. The summed E-state index contributed by atoms with van der Waals surface area (Å²) in [5.41, 5.74) is -1.49. The van der Waals surface area contributed by atoms with Crippen molar-refractivity contribution in [2.45, 2.75) is 142 Å². The first-order valence-electron chi connectivity index (χ1n) is 18.5. The molecular weight excluding hydrogens is 693 g/mol. The lowest BCUT2D eigenvalue weighted by molar-refractivity contribution is 0.237. The Labute approximate surface area is 305 Å². The minimum atomic E-state index is -4.47. The molecule has 286 valence electrons. The molecule has 0 spiro atoms. The third-order valence-electron chi connectivity index (χ3n) is 9.50. The van der Waals surface area contributed by atoms with Crippen molar-refractivity contribution in [3.05, 3.63) is 39.7 Å². The summed E-state index contributed by atoms with van der Waals surface area (Å²) in [7, 11) is -8.81. The summed E-state index contributed by atoms with van der Waals surface area (Å²) >= 11 is 0. The summed E-state index contributed by atoms with van der Waals surface area (Å²) in [5, 5.41) is 29.1. The smallest absolute Gasteiger partial charge is 0.299 e. The van der Waals surface area contributed by atoms with Crippen molar-refractivity contribution in [1.29, 1.82) is 5.26 Å². The van der Waals surface area contributed by atoms with Crippen LogP contribution in [-0.2, 0) is 35.1 Å². The van der Waals surface area contributed by atoms with Crippen LogP contribution in [-0.4, -0.2) is 39.7 Å². The van der Waals surface area contributed by atoms with Gasteiger partial charge in [0.05, 0.1) is 18.1 Å². The molecule has 2 aromatic rings. The highest BCUT2D eigenvalue weighted by molar-refractivity contribution is 7.87. The predicted octanol–water partition coefficient (Wildman–Crippen LogP) is 9.21. The largest absolute Gasteiger partial charge is 0.493 e. The number of rotatable bonds is 24. The molecule has 3 unspecified atom stereocenters. The van der Waals surface area contributed by atoms with Crippen LogP contribution in [0.1, 0.15) is 130 Å². The Morgan fingerprint density at radius 3 is 1.80 bits per heavy atom. The Hall–Kier alpha value is -3.12. The van der Waals surface area contributed by atoms with Gasteiger partial charge in [0.15, 0.2) is 5.69 Å². The summed E-state index contributed by atoms with van der Waals surface area (Å²) < 4.78 is 65.9. The van der Waals surface area contributed by atoms with Crippen molar-refractivity contribution >= 4 is 31.6 Å². The highest BCUT2D eigenvalue weighted by Gasteiger charge is 2.27. The zero-order valence-corrected chi connectivity index (χ0v) is 33.1. The third-order valence-corrected chi connectivity index (χ3v) is 12.1. The molecule has 2 rings (SSSR count). The molecule has 0 aliphatic heterocycles. The zero-order valence-electron chi connectivity index (χ0n) is 31.5. The van der Waals surface area contributed by atoms with Crippen LogP contribution in [0, 0.1) is 36.0 Å². The summed E-state index contributed by atoms with van der Waals surface area (Å²) in [4.78, 5) is 13.0. The molecule has 1 aromatic heterocycles. The lowest BCUT2D eigenvalue weighted by atomic mass is 9.99. The van der Waals surface area contributed by atoms with Crippen LogP contribution >= 0.6 is 0 Å². The van der Waals surface area contributed by atoms with Gasteiger partial charge in [0.25, 0.3) is 25.8 Å². The highest BCUT2D eigenvalue weighted by Crippen LogP contribution is 2.34. The SMILES string of the molecule is CCCCC(CC)COS(=O)(=O)c1ccc(S(=O)(=O)OCC(CC)CCCC)c(N=Nc2c(C)c(C#N)c(O)n(CC(CC)CCCC)c2=O)c1. The average molecular weight is 751 g/mol. The maximum atomic E-state index is 13.8. The number of benzene rings is 1. The van der Waals surface area contributed by atoms with Gasteiger partial charge in [-0.1, -0.05) is 99.3 Å². The summed E-state index contributed by atoms with van der Waals surface area (Å²) in [6.07, 6.45) is 10.2. The number of aromatic hydroxyl groups is 1. The molecule has 0 saturated heterocycles. The van der Waals surface area contributed by atoms with Gasteiger partial charge in [-0.25, -0.2) is 0 Å². The van der Waals surface area contributed by atoms with Crippen molar-refractivity contribution in [1.82, 2.24) is 4.57 Å². The Morgan fingerprint density at radius 1 is 0.804 bits per heavy atom. The fourth-order valence-corrected chi connectivity index (χ4v) is 7.83. The van der Waals surface area contributed by atoms with Crippen LogP contribution in [0.4, 0.5) is 11.4 Å².